The van der Waals surface area contributed by atoms with E-state index in [9.17, 15) is 18.0 Å². The SMILES string of the molecule is O=C(/C=C/c1ccc2c(c1)OCO2)N1CC(c2nc(-c3cccc(C(F)(F)F)c3)no2)C1. The van der Waals surface area contributed by atoms with Gasteiger partial charge in [-0.25, -0.2) is 0 Å². The molecule has 10 heteroatoms. The lowest BCUT2D eigenvalue weighted by Crippen LogP contribution is -2.47. The van der Waals surface area contributed by atoms with E-state index in [1.54, 1.807) is 23.1 Å². The van der Waals surface area contributed by atoms with E-state index in [1.807, 2.05) is 6.07 Å². The van der Waals surface area contributed by atoms with Crippen molar-refractivity contribution in [3.05, 3.63) is 65.6 Å². The molecule has 0 N–H and O–H groups in total. The molecule has 1 amide bonds. The van der Waals surface area contributed by atoms with Gasteiger partial charge in [0.05, 0.1) is 11.5 Å². The van der Waals surface area contributed by atoms with Crippen LogP contribution in [0.3, 0.4) is 0 Å². The van der Waals surface area contributed by atoms with Crippen LogP contribution in [0.4, 0.5) is 13.2 Å². The second kappa shape index (κ2) is 7.70. The highest BCUT2D eigenvalue weighted by atomic mass is 19.4. The van der Waals surface area contributed by atoms with Crippen molar-refractivity contribution >= 4 is 12.0 Å². The van der Waals surface area contributed by atoms with Gasteiger partial charge in [-0.1, -0.05) is 23.4 Å². The number of fused-ring (bicyclic) bond motifs is 1. The maximum absolute atomic E-state index is 12.9. The van der Waals surface area contributed by atoms with Gasteiger partial charge in [0, 0.05) is 24.7 Å². The van der Waals surface area contributed by atoms with Crippen molar-refractivity contribution < 1.29 is 32.0 Å². The van der Waals surface area contributed by atoms with Crippen molar-refractivity contribution in [3.8, 4) is 22.9 Å². The average Bonchev–Trinajstić information content (AvgIpc) is 3.40. The third-order valence-electron chi connectivity index (χ3n) is 5.25. The van der Waals surface area contributed by atoms with Gasteiger partial charge >= 0.3 is 6.18 Å². The first kappa shape index (κ1) is 20.1. The molecule has 1 aromatic heterocycles. The maximum atomic E-state index is 12.9. The summed E-state index contributed by atoms with van der Waals surface area (Å²) >= 11 is 0. The van der Waals surface area contributed by atoms with Crippen molar-refractivity contribution in [2.75, 3.05) is 19.9 Å². The molecule has 32 heavy (non-hydrogen) atoms. The summed E-state index contributed by atoms with van der Waals surface area (Å²) in [6, 6.07) is 10.1. The van der Waals surface area contributed by atoms with E-state index in [-0.39, 0.29) is 30.0 Å². The second-order valence-electron chi connectivity index (χ2n) is 7.42. The topological polar surface area (TPSA) is 77.7 Å². The van der Waals surface area contributed by atoms with E-state index >= 15 is 0 Å². The number of nitrogens with zero attached hydrogens (tertiary/aromatic N) is 3. The Hall–Kier alpha value is -3.82. The quantitative estimate of drug-likeness (QED) is 0.565. The standard InChI is InChI=1S/C22H16F3N3O4/c23-22(24,25)16-3-1-2-14(9-16)20-26-21(32-27-20)15-10-28(11-15)19(29)7-5-13-4-6-17-18(8-13)31-12-30-17/h1-9,15H,10-12H2/b7-5+. The van der Waals surface area contributed by atoms with E-state index in [4.69, 9.17) is 14.0 Å². The van der Waals surface area contributed by atoms with Crippen LogP contribution in [-0.2, 0) is 11.0 Å². The molecule has 0 bridgehead atoms. The molecule has 1 saturated heterocycles. The minimum atomic E-state index is -4.45. The number of carbonyl (C=O) groups is 1. The number of benzene rings is 2. The third kappa shape index (κ3) is 3.91. The van der Waals surface area contributed by atoms with Crippen LogP contribution >= 0.6 is 0 Å². The number of hydrogen-bond acceptors (Lipinski definition) is 6. The Morgan fingerprint density at radius 1 is 1.09 bits per heavy atom. The van der Waals surface area contributed by atoms with Crippen LogP contribution in [0.1, 0.15) is 22.9 Å². The predicted molar refractivity (Wildman–Crippen MR) is 106 cm³/mol. The molecular weight excluding hydrogens is 427 g/mol. The Morgan fingerprint density at radius 3 is 2.72 bits per heavy atom. The number of alkyl halides is 3. The fourth-order valence-corrected chi connectivity index (χ4v) is 3.46. The molecule has 5 rings (SSSR count). The molecule has 3 aromatic rings. The average molecular weight is 443 g/mol. The highest BCUT2D eigenvalue weighted by Gasteiger charge is 2.35. The van der Waals surface area contributed by atoms with Gasteiger partial charge in [-0.15, -0.1) is 0 Å². The minimum absolute atomic E-state index is 0.0820. The fraction of sp³-hybridized carbons (Fsp3) is 0.227. The first-order chi connectivity index (χ1) is 15.4. The molecule has 0 saturated carbocycles. The van der Waals surface area contributed by atoms with Crippen LogP contribution in [0.2, 0.25) is 0 Å². The molecular formula is C22H16F3N3O4. The van der Waals surface area contributed by atoms with E-state index in [0.717, 1.165) is 17.7 Å². The molecule has 0 aliphatic carbocycles. The first-order valence-electron chi connectivity index (χ1n) is 9.75. The van der Waals surface area contributed by atoms with E-state index in [1.165, 1.54) is 18.2 Å². The van der Waals surface area contributed by atoms with Gasteiger partial charge in [0.1, 0.15) is 0 Å². The molecule has 0 radical (unpaired) electrons. The van der Waals surface area contributed by atoms with Crippen molar-refractivity contribution in [2.24, 2.45) is 0 Å². The maximum Gasteiger partial charge on any atom is 0.416 e. The lowest BCUT2D eigenvalue weighted by molar-refractivity contribution is -0.137. The zero-order valence-corrected chi connectivity index (χ0v) is 16.5. The molecule has 3 heterocycles. The summed E-state index contributed by atoms with van der Waals surface area (Å²) in [4.78, 5) is 18.2. The number of hydrogen-bond donors (Lipinski definition) is 0. The number of likely N-dealkylation sites (tertiary alicyclic amines) is 1. The van der Waals surface area contributed by atoms with Crippen LogP contribution in [-0.4, -0.2) is 40.8 Å². The summed E-state index contributed by atoms with van der Waals surface area (Å²) in [5.41, 5.74) is 0.243. The molecule has 2 aliphatic rings. The minimum Gasteiger partial charge on any atom is -0.454 e. The van der Waals surface area contributed by atoms with Gasteiger partial charge in [0.15, 0.2) is 11.5 Å². The Bertz CT molecular complexity index is 1200. The highest BCUT2D eigenvalue weighted by molar-refractivity contribution is 5.92. The number of carbonyl (C=O) groups excluding carboxylic acids is 1. The van der Waals surface area contributed by atoms with Gasteiger partial charge in [0.2, 0.25) is 24.4 Å². The summed E-state index contributed by atoms with van der Waals surface area (Å²) in [5, 5.41) is 3.79. The van der Waals surface area contributed by atoms with Gasteiger partial charge in [0.25, 0.3) is 0 Å². The Balaban J connectivity index is 1.20. The summed E-state index contributed by atoms with van der Waals surface area (Å²) < 4.78 is 54.5. The number of aromatic nitrogens is 2. The summed E-state index contributed by atoms with van der Waals surface area (Å²) in [6.07, 6.45) is -1.29. The largest absolute Gasteiger partial charge is 0.454 e. The number of rotatable bonds is 4. The van der Waals surface area contributed by atoms with Gasteiger partial charge in [-0.3, -0.25) is 4.79 Å². The number of ether oxygens (including phenoxy) is 2. The Morgan fingerprint density at radius 2 is 1.91 bits per heavy atom. The smallest absolute Gasteiger partial charge is 0.416 e. The van der Waals surface area contributed by atoms with Crippen molar-refractivity contribution in [3.63, 3.8) is 0 Å². The third-order valence-corrected chi connectivity index (χ3v) is 5.25. The van der Waals surface area contributed by atoms with Crippen LogP contribution in [0, 0.1) is 0 Å². The van der Waals surface area contributed by atoms with E-state index in [0.29, 0.717) is 30.5 Å². The van der Waals surface area contributed by atoms with E-state index in [2.05, 4.69) is 10.1 Å². The van der Waals surface area contributed by atoms with Crippen molar-refractivity contribution in [1.29, 1.82) is 0 Å². The summed E-state index contributed by atoms with van der Waals surface area (Å²) in [5.74, 6) is 1.35. The Kier molecular flexibility index (Phi) is 4.84. The molecule has 164 valence electrons. The molecule has 1 fully saturated rings. The first-order valence-corrected chi connectivity index (χ1v) is 9.75. The lowest BCUT2D eigenvalue weighted by Gasteiger charge is -2.36. The normalized spacial score (nSPS) is 15.9. The van der Waals surface area contributed by atoms with Crippen molar-refractivity contribution in [1.82, 2.24) is 15.0 Å². The Labute approximate surface area is 180 Å². The zero-order valence-electron chi connectivity index (χ0n) is 16.5. The number of halogens is 3. The highest BCUT2D eigenvalue weighted by Crippen LogP contribution is 2.34. The molecule has 0 spiro atoms. The fourth-order valence-electron chi connectivity index (χ4n) is 3.46. The monoisotopic (exact) mass is 443 g/mol. The summed E-state index contributed by atoms with van der Waals surface area (Å²) in [7, 11) is 0. The predicted octanol–water partition coefficient (Wildman–Crippen LogP) is 4.12. The second-order valence-corrected chi connectivity index (χ2v) is 7.42. The van der Waals surface area contributed by atoms with Crippen molar-refractivity contribution in [2.45, 2.75) is 12.1 Å². The molecule has 2 aromatic carbocycles. The lowest BCUT2D eigenvalue weighted by atomic mass is 10.00. The molecule has 7 nitrogen and oxygen atoms in total. The van der Waals surface area contributed by atoms with E-state index < -0.39 is 11.7 Å². The van der Waals surface area contributed by atoms with Gasteiger partial charge in [-0.05, 0) is 35.9 Å². The zero-order chi connectivity index (χ0) is 22.3. The molecule has 2 aliphatic heterocycles. The van der Waals surface area contributed by atoms with Crippen LogP contribution in [0.15, 0.2) is 53.1 Å². The number of amides is 1. The van der Waals surface area contributed by atoms with Crippen LogP contribution in [0.5, 0.6) is 11.5 Å². The molecule has 0 atom stereocenters. The van der Waals surface area contributed by atoms with Gasteiger partial charge in [-0.2, -0.15) is 18.2 Å². The summed E-state index contributed by atoms with van der Waals surface area (Å²) in [6.45, 7) is 0.949. The van der Waals surface area contributed by atoms with Crippen LogP contribution in [0.25, 0.3) is 17.5 Å². The van der Waals surface area contributed by atoms with Crippen LogP contribution < -0.4 is 9.47 Å². The molecule has 0 unspecified atom stereocenters. The van der Waals surface area contributed by atoms with Gasteiger partial charge < -0.3 is 18.9 Å².